The molecule has 1 unspecified atom stereocenters. The molecular weight excluding hydrogens is 192 g/mol. The zero-order valence-electron chi connectivity index (χ0n) is 7.11. The molecule has 5 nitrogen and oxygen atoms in total. The molecule has 0 aromatic carbocycles. The van der Waals surface area contributed by atoms with Gasteiger partial charge < -0.3 is 5.32 Å². The Bertz CT molecular complexity index is 266. The van der Waals surface area contributed by atoms with Crippen molar-refractivity contribution in [2.45, 2.75) is 11.7 Å². The number of imide groups is 1. The van der Waals surface area contributed by atoms with Crippen LogP contribution in [0.1, 0.15) is 6.42 Å². The molecule has 0 aliphatic carbocycles. The van der Waals surface area contributed by atoms with Gasteiger partial charge in [0.05, 0.1) is 5.25 Å². The third-order valence-corrected chi connectivity index (χ3v) is 2.20. The molecule has 1 fully saturated rings. The fraction of sp³-hybridized carbons (Fsp3) is 0.571. The van der Waals surface area contributed by atoms with Gasteiger partial charge in [-0.3, -0.25) is 19.3 Å². The maximum Gasteiger partial charge on any atom is 0.243 e. The summed E-state index contributed by atoms with van der Waals surface area (Å²) in [5, 5.41) is 1.75. The smallest absolute Gasteiger partial charge is 0.243 e. The minimum absolute atomic E-state index is 0.0823. The van der Waals surface area contributed by atoms with E-state index in [1.165, 1.54) is 7.05 Å². The number of likely N-dealkylation sites (N-methyl/N-ethyl adjacent to an activating group) is 1. The number of amides is 3. The van der Waals surface area contributed by atoms with Gasteiger partial charge in [0.2, 0.25) is 17.7 Å². The number of rotatable bonds is 2. The summed E-state index contributed by atoms with van der Waals surface area (Å²) in [5.74, 6) is -1.09. The Kier molecular flexibility index (Phi) is 2.92. The summed E-state index contributed by atoms with van der Waals surface area (Å²) < 4.78 is 0. The fourth-order valence-electron chi connectivity index (χ4n) is 1.05. The van der Waals surface area contributed by atoms with Crippen LogP contribution >= 0.6 is 12.6 Å². The van der Waals surface area contributed by atoms with Crippen LogP contribution in [0, 0.1) is 0 Å². The largest absolute Gasteiger partial charge is 0.358 e. The summed E-state index contributed by atoms with van der Waals surface area (Å²) in [7, 11) is 1.45. The normalized spacial score (nSPS) is 22.3. The molecule has 0 aromatic rings. The lowest BCUT2D eigenvalue weighted by molar-refractivity contribution is -0.142. The lowest BCUT2D eigenvalue weighted by Crippen LogP contribution is -2.39. The zero-order chi connectivity index (χ0) is 10.0. The predicted octanol–water partition coefficient (Wildman–Crippen LogP) is -1.21. The second-order valence-electron chi connectivity index (χ2n) is 2.71. The number of hydrogen-bond donors (Lipinski definition) is 2. The minimum atomic E-state index is -0.586. The highest BCUT2D eigenvalue weighted by Gasteiger charge is 2.36. The predicted molar refractivity (Wildman–Crippen MR) is 48.2 cm³/mol. The van der Waals surface area contributed by atoms with Gasteiger partial charge in [-0.05, 0) is 0 Å². The van der Waals surface area contributed by atoms with Crippen LogP contribution in [0.5, 0.6) is 0 Å². The molecule has 1 aliphatic rings. The number of nitrogens with zero attached hydrogens (tertiary/aromatic N) is 1. The molecule has 13 heavy (non-hydrogen) atoms. The Hall–Kier alpha value is -1.04. The number of thiol groups is 1. The summed E-state index contributed by atoms with van der Waals surface area (Å²) in [6.07, 6.45) is 0.0823. The maximum atomic E-state index is 11.2. The summed E-state index contributed by atoms with van der Waals surface area (Å²) in [4.78, 5) is 34.1. The molecule has 1 saturated heterocycles. The van der Waals surface area contributed by atoms with Crippen molar-refractivity contribution in [3.63, 3.8) is 0 Å². The standard InChI is InChI=1S/C7H10N2O3S/c1-8-5(10)3-9-6(11)2-4(13)7(9)12/h4,13H,2-3H2,1H3,(H,8,10). The third-order valence-electron chi connectivity index (χ3n) is 1.80. The van der Waals surface area contributed by atoms with E-state index in [4.69, 9.17) is 0 Å². The fourth-order valence-corrected chi connectivity index (χ4v) is 1.35. The molecule has 0 saturated carbocycles. The molecule has 1 rings (SSSR count). The van der Waals surface area contributed by atoms with E-state index in [2.05, 4.69) is 17.9 Å². The summed E-state index contributed by atoms with van der Waals surface area (Å²) in [6.45, 7) is -0.203. The molecule has 0 radical (unpaired) electrons. The van der Waals surface area contributed by atoms with Crippen LogP contribution in [0.25, 0.3) is 0 Å². The van der Waals surface area contributed by atoms with E-state index < -0.39 is 11.2 Å². The van der Waals surface area contributed by atoms with Crippen molar-refractivity contribution in [2.24, 2.45) is 0 Å². The quantitative estimate of drug-likeness (QED) is 0.436. The van der Waals surface area contributed by atoms with Crippen molar-refractivity contribution in [1.29, 1.82) is 0 Å². The van der Waals surface area contributed by atoms with Gasteiger partial charge in [0.1, 0.15) is 6.54 Å². The first-order valence-corrected chi connectivity index (χ1v) is 4.30. The Labute approximate surface area is 80.9 Å². The van der Waals surface area contributed by atoms with Crippen molar-refractivity contribution >= 4 is 30.4 Å². The summed E-state index contributed by atoms with van der Waals surface area (Å²) in [6, 6.07) is 0. The average Bonchev–Trinajstić information content (AvgIpc) is 2.32. The van der Waals surface area contributed by atoms with Crippen molar-refractivity contribution < 1.29 is 14.4 Å². The van der Waals surface area contributed by atoms with E-state index in [1.807, 2.05) is 0 Å². The topological polar surface area (TPSA) is 66.5 Å². The average molecular weight is 202 g/mol. The number of carbonyl (C=O) groups is 3. The Balaban J connectivity index is 2.64. The Morgan fingerprint density at radius 1 is 1.69 bits per heavy atom. The number of likely N-dealkylation sites (tertiary alicyclic amines) is 1. The second-order valence-corrected chi connectivity index (χ2v) is 3.33. The molecule has 72 valence electrons. The lowest BCUT2D eigenvalue weighted by atomic mass is 10.4. The van der Waals surface area contributed by atoms with Crippen LogP contribution in [0.15, 0.2) is 0 Å². The van der Waals surface area contributed by atoms with Crippen LogP contribution in [-0.4, -0.2) is 41.5 Å². The first kappa shape index (κ1) is 10.0. The zero-order valence-corrected chi connectivity index (χ0v) is 8.01. The highest BCUT2D eigenvalue weighted by atomic mass is 32.1. The van der Waals surface area contributed by atoms with Gasteiger partial charge in [-0.25, -0.2) is 0 Å². The highest BCUT2D eigenvalue weighted by Crippen LogP contribution is 2.16. The minimum Gasteiger partial charge on any atom is -0.358 e. The van der Waals surface area contributed by atoms with Crippen molar-refractivity contribution in [2.75, 3.05) is 13.6 Å². The third kappa shape index (κ3) is 2.00. The molecular formula is C7H10N2O3S. The number of carbonyl (C=O) groups excluding carboxylic acids is 3. The Morgan fingerprint density at radius 3 is 2.69 bits per heavy atom. The van der Waals surface area contributed by atoms with Crippen molar-refractivity contribution in [3.05, 3.63) is 0 Å². The number of hydrogen-bond acceptors (Lipinski definition) is 4. The Morgan fingerprint density at radius 2 is 2.31 bits per heavy atom. The van der Waals surface area contributed by atoms with E-state index >= 15 is 0 Å². The highest BCUT2D eigenvalue weighted by molar-refractivity contribution is 7.81. The van der Waals surface area contributed by atoms with E-state index in [0.29, 0.717) is 0 Å². The van der Waals surface area contributed by atoms with Crippen molar-refractivity contribution in [3.8, 4) is 0 Å². The first-order valence-electron chi connectivity index (χ1n) is 3.79. The maximum absolute atomic E-state index is 11.2. The van der Waals surface area contributed by atoms with Crippen LogP contribution in [0.2, 0.25) is 0 Å². The van der Waals surface area contributed by atoms with Crippen LogP contribution in [0.4, 0.5) is 0 Å². The molecule has 0 bridgehead atoms. The van der Waals surface area contributed by atoms with Gasteiger partial charge in [0.15, 0.2) is 0 Å². The summed E-state index contributed by atoms with van der Waals surface area (Å²) in [5.41, 5.74) is 0. The number of nitrogens with one attached hydrogen (secondary N) is 1. The van der Waals surface area contributed by atoms with Gasteiger partial charge in [-0.2, -0.15) is 12.6 Å². The first-order chi connectivity index (χ1) is 6.06. The van der Waals surface area contributed by atoms with E-state index in [-0.39, 0.29) is 24.8 Å². The van der Waals surface area contributed by atoms with Crippen LogP contribution in [-0.2, 0) is 14.4 Å². The van der Waals surface area contributed by atoms with Gasteiger partial charge in [0, 0.05) is 13.5 Å². The molecule has 0 aromatic heterocycles. The van der Waals surface area contributed by atoms with Crippen LogP contribution in [0.3, 0.4) is 0 Å². The van der Waals surface area contributed by atoms with Gasteiger partial charge in [-0.1, -0.05) is 0 Å². The van der Waals surface area contributed by atoms with Gasteiger partial charge in [0.25, 0.3) is 0 Å². The molecule has 1 N–H and O–H groups in total. The van der Waals surface area contributed by atoms with E-state index in [9.17, 15) is 14.4 Å². The molecule has 1 heterocycles. The molecule has 1 aliphatic heterocycles. The molecule has 0 spiro atoms. The monoisotopic (exact) mass is 202 g/mol. The second kappa shape index (κ2) is 3.78. The molecule has 6 heteroatoms. The SMILES string of the molecule is CNC(=O)CN1C(=O)CC(S)C1=O. The van der Waals surface area contributed by atoms with Gasteiger partial charge in [-0.15, -0.1) is 0 Å². The van der Waals surface area contributed by atoms with Crippen molar-refractivity contribution in [1.82, 2.24) is 10.2 Å². The van der Waals surface area contributed by atoms with E-state index in [1.54, 1.807) is 0 Å². The lowest BCUT2D eigenvalue weighted by Gasteiger charge is -2.12. The van der Waals surface area contributed by atoms with Gasteiger partial charge >= 0.3 is 0 Å². The summed E-state index contributed by atoms with van der Waals surface area (Å²) >= 11 is 3.91. The van der Waals surface area contributed by atoms with Crippen LogP contribution < -0.4 is 5.32 Å². The molecule has 1 atom stereocenters. The van der Waals surface area contributed by atoms with E-state index in [0.717, 1.165) is 4.90 Å². The molecule has 3 amide bonds.